The predicted octanol–water partition coefficient (Wildman–Crippen LogP) is 3.66. The van der Waals surface area contributed by atoms with Crippen molar-refractivity contribution < 1.29 is 0 Å². The molecular formula is C11H13ClN2. The number of fused-ring (bicyclic) bond motifs is 1. The van der Waals surface area contributed by atoms with Gasteiger partial charge in [-0.25, -0.2) is 4.98 Å². The van der Waals surface area contributed by atoms with Crippen molar-refractivity contribution in [2.75, 3.05) is 0 Å². The first-order valence-corrected chi connectivity index (χ1v) is 5.24. The van der Waals surface area contributed by atoms with E-state index in [0.717, 1.165) is 17.5 Å². The standard InChI is InChI=1S/C11H13ClN2/c1-3-8(2)14-10-7-5-4-6-9(10)13-11(14)12/h4-8H,3H2,1-2H3. The lowest BCUT2D eigenvalue weighted by Gasteiger charge is -2.12. The molecule has 74 valence electrons. The van der Waals surface area contributed by atoms with Gasteiger partial charge in [-0.15, -0.1) is 0 Å². The predicted molar refractivity (Wildman–Crippen MR) is 59.7 cm³/mol. The Hall–Kier alpha value is -1.02. The van der Waals surface area contributed by atoms with E-state index in [1.165, 1.54) is 0 Å². The van der Waals surface area contributed by atoms with E-state index in [1.807, 2.05) is 18.2 Å². The van der Waals surface area contributed by atoms with E-state index in [9.17, 15) is 0 Å². The molecular weight excluding hydrogens is 196 g/mol. The summed E-state index contributed by atoms with van der Waals surface area (Å²) < 4.78 is 2.08. The third-order valence-corrected chi connectivity index (χ3v) is 2.85. The van der Waals surface area contributed by atoms with E-state index < -0.39 is 0 Å². The van der Waals surface area contributed by atoms with Crippen LogP contribution in [0.4, 0.5) is 0 Å². The van der Waals surface area contributed by atoms with Crippen LogP contribution < -0.4 is 0 Å². The molecule has 2 rings (SSSR count). The zero-order chi connectivity index (χ0) is 10.1. The molecule has 0 saturated heterocycles. The lowest BCUT2D eigenvalue weighted by atomic mass is 10.2. The Morgan fingerprint density at radius 2 is 2.14 bits per heavy atom. The minimum Gasteiger partial charge on any atom is -0.312 e. The van der Waals surface area contributed by atoms with Crippen LogP contribution in [0.1, 0.15) is 26.3 Å². The summed E-state index contributed by atoms with van der Waals surface area (Å²) in [5, 5.41) is 0.584. The average Bonchev–Trinajstić information content (AvgIpc) is 2.53. The number of hydrogen-bond donors (Lipinski definition) is 0. The van der Waals surface area contributed by atoms with Gasteiger partial charge in [-0.05, 0) is 37.1 Å². The second-order valence-electron chi connectivity index (χ2n) is 3.50. The molecule has 1 aromatic heterocycles. The molecule has 3 heteroatoms. The molecule has 0 aliphatic rings. The first kappa shape index (κ1) is 9.53. The van der Waals surface area contributed by atoms with Crippen LogP contribution >= 0.6 is 11.6 Å². The SMILES string of the molecule is CCC(C)n1c(Cl)nc2ccccc21. The molecule has 14 heavy (non-hydrogen) atoms. The fourth-order valence-electron chi connectivity index (χ4n) is 1.62. The van der Waals surface area contributed by atoms with Gasteiger partial charge in [0, 0.05) is 6.04 Å². The lowest BCUT2D eigenvalue weighted by Crippen LogP contribution is -2.03. The van der Waals surface area contributed by atoms with Gasteiger partial charge < -0.3 is 4.57 Å². The van der Waals surface area contributed by atoms with Gasteiger partial charge in [0.05, 0.1) is 11.0 Å². The minimum absolute atomic E-state index is 0.398. The Bertz CT molecular complexity index is 447. The number of imidazole rings is 1. The summed E-state index contributed by atoms with van der Waals surface area (Å²) in [5.41, 5.74) is 2.09. The Morgan fingerprint density at radius 3 is 2.86 bits per heavy atom. The van der Waals surface area contributed by atoms with Gasteiger partial charge in [-0.1, -0.05) is 19.1 Å². The summed E-state index contributed by atoms with van der Waals surface area (Å²) in [7, 11) is 0. The second kappa shape index (κ2) is 3.62. The maximum absolute atomic E-state index is 6.09. The summed E-state index contributed by atoms with van der Waals surface area (Å²) >= 11 is 6.09. The molecule has 2 nitrogen and oxygen atoms in total. The van der Waals surface area contributed by atoms with E-state index in [4.69, 9.17) is 11.6 Å². The summed E-state index contributed by atoms with van der Waals surface area (Å²) in [5.74, 6) is 0. The first-order valence-electron chi connectivity index (χ1n) is 4.86. The third-order valence-electron chi connectivity index (χ3n) is 2.58. The molecule has 1 heterocycles. The van der Waals surface area contributed by atoms with E-state index in [1.54, 1.807) is 0 Å². The number of hydrogen-bond acceptors (Lipinski definition) is 1. The summed E-state index contributed by atoms with van der Waals surface area (Å²) in [4.78, 5) is 4.31. The maximum Gasteiger partial charge on any atom is 0.204 e. The van der Waals surface area contributed by atoms with Crippen molar-refractivity contribution in [3.63, 3.8) is 0 Å². The van der Waals surface area contributed by atoms with Crippen molar-refractivity contribution in [2.45, 2.75) is 26.3 Å². The smallest absolute Gasteiger partial charge is 0.204 e. The highest BCUT2D eigenvalue weighted by Gasteiger charge is 2.11. The number of nitrogens with zero attached hydrogens (tertiary/aromatic N) is 2. The first-order chi connectivity index (χ1) is 6.74. The van der Waals surface area contributed by atoms with Crippen LogP contribution in [0, 0.1) is 0 Å². The average molecular weight is 209 g/mol. The Labute approximate surface area is 88.5 Å². The maximum atomic E-state index is 6.09. The quantitative estimate of drug-likeness (QED) is 0.737. The van der Waals surface area contributed by atoms with Crippen molar-refractivity contribution in [3.8, 4) is 0 Å². The molecule has 0 radical (unpaired) electrons. The van der Waals surface area contributed by atoms with Crippen LogP contribution in [0.5, 0.6) is 0 Å². The van der Waals surface area contributed by atoms with Crippen LogP contribution in [0.3, 0.4) is 0 Å². The lowest BCUT2D eigenvalue weighted by molar-refractivity contribution is 0.545. The van der Waals surface area contributed by atoms with Crippen LogP contribution in [0.15, 0.2) is 24.3 Å². The molecule has 1 unspecified atom stereocenters. The molecule has 0 saturated carbocycles. The number of halogens is 1. The van der Waals surface area contributed by atoms with E-state index in [-0.39, 0.29) is 0 Å². The van der Waals surface area contributed by atoms with Crippen molar-refractivity contribution >= 4 is 22.6 Å². The number of aromatic nitrogens is 2. The number of para-hydroxylation sites is 2. The molecule has 1 aromatic carbocycles. The Morgan fingerprint density at radius 1 is 1.43 bits per heavy atom. The topological polar surface area (TPSA) is 17.8 Å². The van der Waals surface area contributed by atoms with E-state index in [0.29, 0.717) is 11.3 Å². The zero-order valence-electron chi connectivity index (χ0n) is 8.37. The van der Waals surface area contributed by atoms with Gasteiger partial charge in [-0.3, -0.25) is 0 Å². The zero-order valence-corrected chi connectivity index (χ0v) is 9.12. The van der Waals surface area contributed by atoms with Gasteiger partial charge >= 0.3 is 0 Å². The van der Waals surface area contributed by atoms with E-state index >= 15 is 0 Å². The van der Waals surface area contributed by atoms with Crippen LogP contribution in [0.25, 0.3) is 11.0 Å². The normalized spacial score (nSPS) is 13.4. The number of benzene rings is 1. The summed E-state index contributed by atoms with van der Waals surface area (Å²) in [6, 6.07) is 8.43. The van der Waals surface area contributed by atoms with Crippen molar-refractivity contribution in [1.82, 2.24) is 9.55 Å². The molecule has 0 aliphatic carbocycles. The highest BCUT2D eigenvalue weighted by atomic mass is 35.5. The van der Waals surface area contributed by atoms with Crippen molar-refractivity contribution in [2.24, 2.45) is 0 Å². The van der Waals surface area contributed by atoms with Gasteiger partial charge in [-0.2, -0.15) is 0 Å². The fourth-order valence-corrected chi connectivity index (χ4v) is 1.97. The van der Waals surface area contributed by atoms with Crippen LogP contribution in [-0.4, -0.2) is 9.55 Å². The number of rotatable bonds is 2. The van der Waals surface area contributed by atoms with E-state index in [2.05, 4.69) is 29.5 Å². The summed E-state index contributed by atoms with van der Waals surface area (Å²) in [6.45, 7) is 4.30. The highest BCUT2D eigenvalue weighted by molar-refractivity contribution is 6.29. The molecule has 0 spiro atoms. The molecule has 0 amide bonds. The van der Waals surface area contributed by atoms with Gasteiger partial charge in [0.25, 0.3) is 0 Å². The third kappa shape index (κ3) is 1.40. The molecule has 2 aromatic rings. The molecule has 0 aliphatic heterocycles. The molecule has 1 atom stereocenters. The van der Waals surface area contributed by atoms with Crippen molar-refractivity contribution in [3.05, 3.63) is 29.5 Å². The molecule has 0 fully saturated rings. The van der Waals surface area contributed by atoms with Crippen molar-refractivity contribution in [1.29, 1.82) is 0 Å². The minimum atomic E-state index is 0.398. The van der Waals surface area contributed by atoms with Crippen LogP contribution in [-0.2, 0) is 0 Å². The van der Waals surface area contributed by atoms with Gasteiger partial charge in [0.15, 0.2) is 0 Å². The molecule has 0 bridgehead atoms. The largest absolute Gasteiger partial charge is 0.312 e. The fraction of sp³-hybridized carbons (Fsp3) is 0.364. The van der Waals surface area contributed by atoms with Crippen LogP contribution in [0.2, 0.25) is 5.28 Å². The van der Waals surface area contributed by atoms with Gasteiger partial charge in [0.1, 0.15) is 0 Å². The Balaban J connectivity index is 2.67. The summed E-state index contributed by atoms with van der Waals surface area (Å²) in [6.07, 6.45) is 1.06. The molecule has 0 N–H and O–H groups in total. The Kier molecular flexibility index (Phi) is 2.46. The monoisotopic (exact) mass is 208 g/mol. The highest BCUT2D eigenvalue weighted by Crippen LogP contribution is 2.25. The second-order valence-corrected chi connectivity index (χ2v) is 3.83. The van der Waals surface area contributed by atoms with Gasteiger partial charge in [0.2, 0.25) is 5.28 Å².